The van der Waals surface area contributed by atoms with Crippen LogP contribution in [-0.2, 0) is 6.54 Å². The van der Waals surface area contributed by atoms with Crippen LogP contribution in [0, 0.1) is 6.92 Å². The summed E-state index contributed by atoms with van der Waals surface area (Å²) in [5.41, 5.74) is 1.67. The van der Waals surface area contributed by atoms with E-state index in [1.165, 1.54) is 0 Å². The van der Waals surface area contributed by atoms with E-state index in [-0.39, 0.29) is 5.78 Å². The fourth-order valence-corrected chi connectivity index (χ4v) is 1.99. The summed E-state index contributed by atoms with van der Waals surface area (Å²) in [6.07, 6.45) is 0. The molecule has 0 unspecified atom stereocenters. The molecular weight excluding hydrogens is 226 g/mol. The van der Waals surface area contributed by atoms with Crippen molar-refractivity contribution in [3.05, 3.63) is 53.5 Å². The molecule has 0 fully saturated rings. The molecule has 0 aliphatic carbocycles. The fourth-order valence-electron chi connectivity index (χ4n) is 1.99. The maximum atomic E-state index is 11.6. The van der Waals surface area contributed by atoms with Crippen molar-refractivity contribution in [3.8, 4) is 0 Å². The van der Waals surface area contributed by atoms with Gasteiger partial charge in [0, 0.05) is 18.3 Å². The van der Waals surface area contributed by atoms with Crippen LogP contribution in [0.3, 0.4) is 0 Å². The average molecular weight is 243 g/mol. The van der Waals surface area contributed by atoms with Crippen molar-refractivity contribution in [1.29, 1.82) is 0 Å². The minimum atomic E-state index is 0.0769. The number of benzene rings is 1. The van der Waals surface area contributed by atoms with E-state index in [9.17, 15) is 4.79 Å². The summed E-state index contributed by atoms with van der Waals surface area (Å²) >= 11 is 0. The van der Waals surface area contributed by atoms with Gasteiger partial charge in [-0.3, -0.25) is 4.79 Å². The molecule has 0 radical (unpaired) electrons. The van der Waals surface area contributed by atoms with Gasteiger partial charge in [0.2, 0.25) is 0 Å². The largest absolute Gasteiger partial charge is 0.464 e. The molecule has 1 aromatic carbocycles. The second-order valence-electron chi connectivity index (χ2n) is 4.44. The van der Waals surface area contributed by atoms with Crippen molar-refractivity contribution >= 4 is 11.5 Å². The van der Waals surface area contributed by atoms with Gasteiger partial charge in [-0.2, -0.15) is 0 Å². The first kappa shape index (κ1) is 12.4. The third-order valence-electron chi connectivity index (χ3n) is 2.88. The lowest BCUT2D eigenvalue weighted by molar-refractivity contribution is 0.101. The molecule has 0 saturated carbocycles. The maximum absolute atomic E-state index is 11.6. The Hall–Kier alpha value is -2.03. The van der Waals surface area contributed by atoms with Crippen molar-refractivity contribution < 1.29 is 9.21 Å². The smallest absolute Gasteiger partial charge is 0.161 e. The Labute approximate surface area is 107 Å². The molecule has 94 valence electrons. The zero-order valence-corrected chi connectivity index (χ0v) is 10.9. The van der Waals surface area contributed by atoms with Gasteiger partial charge in [0.1, 0.15) is 11.5 Å². The third-order valence-corrected chi connectivity index (χ3v) is 2.88. The number of ketones is 1. The van der Waals surface area contributed by atoms with Crippen molar-refractivity contribution in [2.45, 2.75) is 20.4 Å². The van der Waals surface area contributed by atoms with Gasteiger partial charge in [0.15, 0.2) is 5.78 Å². The number of aryl methyl sites for hydroxylation is 1. The number of anilines is 1. The number of Topliss-reactive ketones (excluding diaryl/α,β-unsaturated/α-hetero) is 1. The number of carbonyl (C=O) groups is 1. The zero-order chi connectivity index (χ0) is 13.1. The SMILES string of the molecule is CC(=O)c1ccccc1N(C)Cc1ccc(C)o1. The molecule has 0 atom stereocenters. The molecule has 0 N–H and O–H groups in total. The maximum Gasteiger partial charge on any atom is 0.161 e. The number of para-hydroxylation sites is 1. The molecule has 0 saturated heterocycles. The van der Waals surface area contributed by atoms with E-state index in [0.717, 1.165) is 22.8 Å². The predicted octanol–water partition coefficient (Wildman–Crippen LogP) is 3.43. The summed E-state index contributed by atoms with van der Waals surface area (Å²) in [5.74, 6) is 1.87. The molecule has 1 heterocycles. The number of hydrogen-bond donors (Lipinski definition) is 0. The minimum absolute atomic E-state index is 0.0769. The molecule has 2 aromatic rings. The first-order chi connectivity index (χ1) is 8.58. The fraction of sp³-hybridized carbons (Fsp3) is 0.267. The molecule has 0 aliphatic heterocycles. The summed E-state index contributed by atoms with van der Waals surface area (Å²) in [5, 5.41) is 0. The van der Waals surface area contributed by atoms with Crippen LogP contribution in [0.15, 0.2) is 40.8 Å². The number of furan rings is 1. The van der Waals surface area contributed by atoms with Gasteiger partial charge in [-0.05, 0) is 38.1 Å². The molecule has 1 aromatic heterocycles. The van der Waals surface area contributed by atoms with E-state index >= 15 is 0 Å². The molecule has 0 aliphatic rings. The van der Waals surface area contributed by atoms with E-state index in [0.29, 0.717) is 6.54 Å². The highest BCUT2D eigenvalue weighted by Gasteiger charge is 2.11. The Kier molecular flexibility index (Phi) is 3.51. The Bertz CT molecular complexity index is 557. The van der Waals surface area contributed by atoms with Crippen LogP contribution >= 0.6 is 0 Å². The highest BCUT2D eigenvalue weighted by atomic mass is 16.3. The second-order valence-corrected chi connectivity index (χ2v) is 4.44. The van der Waals surface area contributed by atoms with E-state index in [2.05, 4.69) is 0 Å². The lowest BCUT2D eigenvalue weighted by atomic mass is 10.1. The molecule has 0 bridgehead atoms. The Balaban J connectivity index is 2.23. The quantitative estimate of drug-likeness (QED) is 0.771. The molecule has 0 amide bonds. The van der Waals surface area contributed by atoms with Gasteiger partial charge >= 0.3 is 0 Å². The molecule has 3 nitrogen and oxygen atoms in total. The summed E-state index contributed by atoms with van der Waals surface area (Å²) < 4.78 is 5.55. The lowest BCUT2D eigenvalue weighted by Gasteiger charge is -2.20. The third kappa shape index (κ3) is 2.62. The Morgan fingerprint density at radius 3 is 2.56 bits per heavy atom. The van der Waals surface area contributed by atoms with Crippen molar-refractivity contribution in [3.63, 3.8) is 0 Å². The average Bonchev–Trinajstić information content (AvgIpc) is 2.74. The van der Waals surface area contributed by atoms with E-state index in [1.54, 1.807) is 6.92 Å². The van der Waals surface area contributed by atoms with Crippen LogP contribution in [0.2, 0.25) is 0 Å². The molecule has 3 heteroatoms. The summed E-state index contributed by atoms with van der Waals surface area (Å²) in [4.78, 5) is 13.6. The molecule has 18 heavy (non-hydrogen) atoms. The zero-order valence-electron chi connectivity index (χ0n) is 10.9. The molecule has 0 spiro atoms. The second kappa shape index (κ2) is 5.08. The standard InChI is InChI=1S/C15H17NO2/c1-11-8-9-13(18-11)10-16(3)15-7-5-4-6-14(15)12(2)17/h4-9H,10H2,1-3H3. The van der Waals surface area contributed by atoms with Gasteiger partial charge in [0.25, 0.3) is 0 Å². The van der Waals surface area contributed by atoms with Crippen LogP contribution in [-0.4, -0.2) is 12.8 Å². The van der Waals surface area contributed by atoms with Gasteiger partial charge < -0.3 is 9.32 Å². The van der Waals surface area contributed by atoms with Gasteiger partial charge in [0.05, 0.1) is 6.54 Å². The monoisotopic (exact) mass is 243 g/mol. The highest BCUT2D eigenvalue weighted by Crippen LogP contribution is 2.22. The lowest BCUT2D eigenvalue weighted by Crippen LogP contribution is -2.18. The highest BCUT2D eigenvalue weighted by molar-refractivity contribution is 5.99. The number of rotatable bonds is 4. The number of hydrogen-bond acceptors (Lipinski definition) is 3. The molecular formula is C15H17NO2. The predicted molar refractivity (Wildman–Crippen MR) is 72.0 cm³/mol. The van der Waals surface area contributed by atoms with Crippen LogP contribution < -0.4 is 4.90 Å². The van der Waals surface area contributed by atoms with Gasteiger partial charge in [-0.25, -0.2) is 0 Å². The van der Waals surface area contributed by atoms with Crippen LogP contribution in [0.4, 0.5) is 5.69 Å². The van der Waals surface area contributed by atoms with E-state index in [1.807, 2.05) is 55.3 Å². The summed E-state index contributed by atoms with van der Waals surface area (Å²) in [7, 11) is 1.96. The van der Waals surface area contributed by atoms with Crippen molar-refractivity contribution in [2.75, 3.05) is 11.9 Å². The number of nitrogens with zero attached hydrogens (tertiary/aromatic N) is 1. The topological polar surface area (TPSA) is 33.5 Å². The van der Waals surface area contributed by atoms with Crippen LogP contribution in [0.5, 0.6) is 0 Å². The Morgan fingerprint density at radius 1 is 1.22 bits per heavy atom. The summed E-state index contributed by atoms with van der Waals surface area (Å²) in [6, 6.07) is 11.5. The first-order valence-electron chi connectivity index (χ1n) is 5.94. The van der Waals surface area contributed by atoms with E-state index in [4.69, 9.17) is 4.42 Å². The van der Waals surface area contributed by atoms with Gasteiger partial charge in [-0.15, -0.1) is 0 Å². The van der Waals surface area contributed by atoms with Crippen LogP contribution in [0.1, 0.15) is 28.8 Å². The Morgan fingerprint density at radius 2 is 1.94 bits per heavy atom. The van der Waals surface area contributed by atoms with E-state index < -0.39 is 0 Å². The van der Waals surface area contributed by atoms with Crippen LogP contribution in [0.25, 0.3) is 0 Å². The summed E-state index contributed by atoms with van der Waals surface area (Å²) in [6.45, 7) is 4.16. The van der Waals surface area contributed by atoms with Crippen molar-refractivity contribution in [1.82, 2.24) is 0 Å². The normalized spacial score (nSPS) is 10.4. The van der Waals surface area contributed by atoms with Crippen molar-refractivity contribution in [2.24, 2.45) is 0 Å². The molecule has 2 rings (SSSR count). The minimum Gasteiger partial charge on any atom is -0.464 e. The number of carbonyl (C=O) groups excluding carboxylic acids is 1. The first-order valence-corrected chi connectivity index (χ1v) is 5.94. The van der Waals surface area contributed by atoms with Gasteiger partial charge in [-0.1, -0.05) is 12.1 Å².